The van der Waals surface area contributed by atoms with Crippen molar-refractivity contribution in [3.8, 4) is 6.07 Å². The maximum atomic E-state index is 13.7. The fourth-order valence-electron chi connectivity index (χ4n) is 4.41. The number of aryl methyl sites for hydroxylation is 2. The van der Waals surface area contributed by atoms with Gasteiger partial charge in [-0.3, -0.25) is 14.5 Å². The van der Waals surface area contributed by atoms with E-state index in [1.807, 2.05) is 54.6 Å². The van der Waals surface area contributed by atoms with Crippen molar-refractivity contribution < 1.29 is 9.59 Å². The molecule has 5 nitrogen and oxygen atoms in total. The minimum Gasteiger partial charge on any atom is -0.347 e. The molecule has 194 valence electrons. The lowest BCUT2D eigenvalue weighted by Crippen LogP contribution is -2.32. The van der Waals surface area contributed by atoms with Crippen molar-refractivity contribution in [1.29, 1.82) is 5.26 Å². The number of benzene rings is 3. The van der Waals surface area contributed by atoms with Gasteiger partial charge >= 0.3 is 0 Å². The second-order valence-corrected chi connectivity index (χ2v) is 10.6. The number of nitrogens with zero attached hydrogens (tertiary/aromatic N) is 2. The lowest BCUT2D eigenvalue weighted by atomic mass is 10.0. The summed E-state index contributed by atoms with van der Waals surface area (Å²) in [5, 5.41) is 12.9. The first-order valence-electron chi connectivity index (χ1n) is 13.2. The highest BCUT2D eigenvalue weighted by molar-refractivity contribution is 8.05. The van der Waals surface area contributed by atoms with Crippen molar-refractivity contribution in [1.82, 2.24) is 5.32 Å². The second kappa shape index (κ2) is 13.1. The van der Waals surface area contributed by atoms with E-state index >= 15 is 0 Å². The number of thioether (sulfide) groups is 1. The third-order valence-electron chi connectivity index (χ3n) is 6.67. The van der Waals surface area contributed by atoms with Crippen molar-refractivity contribution in [2.45, 2.75) is 57.7 Å². The van der Waals surface area contributed by atoms with Gasteiger partial charge in [-0.05, 0) is 60.1 Å². The highest BCUT2D eigenvalue weighted by atomic mass is 32.2. The van der Waals surface area contributed by atoms with Gasteiger partial charge in [0.05, 0.1) is 5.25 Å². The van der Waals surface area contributed by atoms with Gasteiger partial charge in [0.1, 0.15) is 16.7 Å². The molecule has 1 unspecified atom stereocenters. The Morgan fingerprint density at radius 3 is 2.21 bits per heavy atom. The predicted octanol–water partition coefficient (Wildman–Crippen LogP) is 6.33. The molecule has 1 atom stereocenters. The Morgan fingerprint density at radius 2 is 1.58 bits per heavy atom. The Hall–Kier alpha value is -3.82. The first kappa shape index (κ1) is 27.2. The van der Waals surface area contributed by atoms with Crippen LogP contribution in [0.1, 0.15) is 48.9 Å². The van der Waals surface area contributed by atoms with Crippen LogP contribution in [0.5, 0.6) is 0 Å². The van der Waals surface area contributed by atoms with Crippen LogP contribution in [0.4, 0.5) is 5.69 Å². The topological polar surface area (TPSA) is 73.2 Å². The number of unbranched alkanes of at least 4 members (excludes halogenated alkanes) is 1. The van der Waals surface area contributed by atoms with Gasteiger partial charge in [0.2, 0.25) is 5.91 Å². The number of nitriles is 1. The number of anilines is 1. The van der Waals surface area contributed by atoms with E-state index in [1.165, 1.54) is 17.3 Å². The standard InChI is InChI=1S/C32H33N3O2S/c1-3-5-9-24-12-14-25(15-13-24)20-29-31(37)35(27-18-16-23(4-2)17-19-27)32(38-29)28(21-33)30(36)34-22-26-10-7-6-8-11-26/h6-8,10-19,29H,3-5,9,20,22H2,1-2H3,(H,34,36)/b32-28-. The molecule has 6 heteroatoms. The van der Waals surface area contributed by atoms with Crippen molar-refractivity contribution in [3.05, 3.63) is 112 Å². The van der Waals surface area contributed by atoms with Gasteiger partial charge in [0.15, 0.2) is 0 Å². The Morgan fingerprint density at radius 1 is 0.921 bits per heavy atom. The summed E-state index contributed by atoms with van der Waals surface area (Å²) < 4.78 is 0. The summed E-state index contributed by atoms with van der Waals surface area (Å²) >= 11 is 1.30. The van der Waals surface area contributed by atoms with Gasteiger partial charge in [-0.1, -0.05) is 98.8 Å². The largest absolute Gasteiger partial charge is 0.347 e. The molecule has 1 aliphatic rings. The molecule has 3 aromatic carbocycles. The molecule has 0 aromatic heterocycles. The number of amides is 2. The molecule has 1 saturated heterocycles. The minimum absolute atomic E-state index is 0.0451. The molecular weight excluding hydrogens is 490 g/mol. The maximum absolute atomic E-state index is 13.7. The van der Waals surface area contributed by atoms with Gasteiger partial charge in [-0.15, -0.1) is 0 Å². The number of carbonyl (C=O) groups is 2. The van der Waals surface area contributed by atoms with Crippen molar-refractivity contribution in [2.75, 3.05) is 4.90 Å². The second-order valence-electron chi connectivity index (χ2n) is 9.38. The summed E-state index contributed by atoms with van der Waals surface area (Å²) in [6.45, 7) is 4.56. The summed E-state index contributed by atoms with van der Waals surface area (Å²) in [5.74, 6) is -0.601. The molecule has 0 aliphatic carbocycles. The predicted molar refractivity (Wildman–Crippen MR) is 154 cm³/mol. The fourth-order valence-corrected chi connectivity index (χ4v) is 5.71. The maximum Gasteiger partial charge on any atom is 0.264 e. The monoisotopic (exact) mass is 523 g/mol. The summed E-state index contributed by atoms with van der Waals surface area (Å²) in [5.41, 5.74) is 5.06. The van der Waals surface area contributed by atoms with Gasteiger partial charge in [0.25, 0.3) is 5.91 Å². The van der Waals surface area contributed by atoms with Crippen molar-refractivity contribution in [2.24, 2.45) is 0 Å². The lowest BCUT2D eigenvalue weighted by Gasteiger charge is -2.19. The summed E-state index contributed by atoms with van der Waals surface area (Å²) in [6.07, 6.45) is 4.76. The van der Waals surface area contributed by atoms with Crippen molar-refractivity contribution >= 4 is 29.3 Å². The molecule has 1 fully saturated rings. The molecule has 1 aliphatic heterocycles. The number of nitrogens with one attached hydrogen (secondary N) is 1. The van der Waals surface area contributed by atoms with E-state index in [0.717, 1.165) is 42.4 Å². The van der Waals surface area contributed by atoms with Gasteiger partial charge < -0.3 is 5.32 Å². The Labute approximate surface area is 229 Å². The van der Waals surface area contributed by atoms with Crippen molar-refractivity contribution in [3.63, 3.8) is 0 Å². The van der Waals surface area contributed by atoms with Gasteiger partial charge in [0, 0.05) is 12.2 Å². The number of hydrogen-bond acceptors (Lipinski definition) is 4. The molecule has 0 spiro atoms. The molecule has 0 radical (unpaired) electrons. The minimum atomic E-state index is -0.484. The van der Waals surface area contributed by atoms with E-state index in [1.54, 1.807) is 4.90 Å². The smallest absolute Gasteiger partial charge is 0.264 e. The average molecular weight is 524 g/mol. The normalized spacial score (nSPS) is 16.3. The molecule has 0 bridgehead atoms. The number of carbonyl (C=O) groups excluding carboxylic acids is 2. The molecule has 4 rings (SSSR count). The van der Waals surface area contributed by atoms with E-state index in [4.69, 9.17) is 0 Å². The van der Waals surface area contributed by atoms with Crippen LogP contribution in [0.3, 0.4) is 0 Å². The quantitative estimate of drug-likeness (QED) is 0.249. The Kier molecular flexibility index (Phi) is 9.40. The average Bonchev–Trinajstić information content (AvgIpc) is 3.27. The van der Waals surface area contributed by atoms with E-state index < -0.39 is 11.2 Å². The van der Waals surface area contributed by atoms with Gasteiger partial charge in [-0.25, -0.2) is 0 Å². The third-order valence-corrected chi connectivity index (χ3v) is 7.93. The van der Waals surface area contributed by atoms with Crippen LogP contribution in [-0.4, -0.2) is 17.1 Å². The zero-order chi connectivity index (χ0) is 26.9. The van der Waals surface area contributed by atoms with Crippen LogP contribution in [0, 0.1) is 11.3 Å². The Balaban J connectivity index is 1.62. The Bertz CT molecular complexity index is 1330. The van der Waals surface area contributed by atoms with E-state index in [-0.39, 0.29) is 11.5 Å². The van der Waals surface area contributed by atoms with E-state index in [0.29, 0.717) is 23.7 Å². The molecule has 3 aromatic rings. The van der Waals surface area contributed by atoms with Gasteiger partial charge in [-0.2, -0.15) is 5.26 Å². The van der Waals surface area contributed by atoms with Crippen LogP contribution in [0.15, 0.2) is 89.5 Å². The van der Waals surface area contributed by atoms with Crippen LogP contribution in [0.2, 0.25) is 0 Å². The molecule has 38 heavy (non-hydrogen) atoms. The molecule has 2 amide bonds. The summed E-state index contributed by atoms with van der Waals surface area (Å²) in [4.78, 5) is 28.4. The molecule has 0 saturated carbocycles. The zero-order valence-corrected chi connectivity index (χ0v) is 22.8. The number of hydrogen-bond donors (Lipinski definition) is 1. The van der Waals surface area contributed by atoms with E-state index in [9.17, 15) is 14.9 Å². The van der Waals surface area contributed by atoms with Crippen LogP contribution >= 0.6 is 11.8 Å². The summed E-state index contributed by atoms with van der Waals surface area (Å²) in [6, 6.07) is 27.8. The SMILES string of the molecule is CCCCc1ccc(CC2S/C(=C(/C#N)C(=O)NCc3ccccc3)N(c3ccc(CC)cc3)C2=O)cc1. The molecule has 1 N–H and O–H groups in total. The molecule has 1 heterocycles. The van der Waals surface area contributed by atoms with Crippen LogP contribution < -0.4 is 10.2 Å². The highest BCUT2D eigenvalue weighted by Crippen LogP contribution is 2.42. The highest BCUT2D eigenvalue weighted by Gasteiger charge is 2.40. The first-order valence-corrected chi connectivity index (χ1v) is 14.1. The molecular formula is C32H33N3O2S. The van der Waals surface area contributed by atoms with Crippen LogP contribution in [0.25, 0.3) is 0 Å². The lowest BCUT2D eigenvalue weighted by molar-refractivity contribution is -0.117. The first-order chi connectivity index (χ1) is 18.5. The van der Waals surface area contributed by atoms with Crippen LogP contribution in [-0.2, 0) is 35.4 Å². The third kappa shape index (κ3) is 6.54. The van der Waals surface area contributed by atoms with E-state index in [2.05, 4.69) is 49.5 Å². The number of rotatable bonds is 10. The summed E-state index contributed by atoms with van der Waals surface area (Å²) in [7, 11) is 0. The zero-order valence-electron chi connectivity index (χ0n) is 21.9. The fraction of sp³-hybridized carbons (Fsp3) is 0.281.